The van der Waals surface area contributed by atoms with Crippen LogP contribution < -0.4 is 5.32 Å². The van der Waals surface area contributed by atoms with Crippen LogP contribution in [0, 0.1) is 0 Å². The molecule has 0 unspecified atom stereocenters. The summed E-state index contributed by atoms with van der Waals surface area (Å²) in [6.45, 7) is 2.26. The summed E-state index contributed by atoms with van der Waals surface area (Å²) in [6, 6.07) is 9.16. The molecule has 1 saturated heterocycles. The van der Waals surface area contributed by atoms with E-state index in [2.05, 4.69) is 20.3 Å². The van der Waals surface area contributed by atoms with E-state index in [9.17, 15) is 9.59 Å². The summed E-state index contributed by atoms with van der Waals surface area (Å²) in [5, 5.41) is 4.00. The van der Waals surface area contributed by atoms with Crippen molar-refractivity contribution in [2.45, 2.75) is 19.3 Å². The number of amides is 1. The summed E-state index contributed by atoms with van der Waals surface area (Å²) < 4.78 is 0. The van der Waals surface area contributed by atoms with Gasteiger partial charge in [-0.3, -0.25) is 9.59 Å². The minimum atomic E-state index is -0.0673. The van der Waals surface area contributed by atoms with Crippen molar-refractivity contribution < 1.29 is 9.59 Å². The number of carbonyl (C=O) groups excluding carboxylic acids is 2. The third-order valence-corrected chi connectivity index (χ3v) is 4.82. The highest BCUT2D eigenvalue weighted by molar-refractivity contribution is 6.17. The van der Waals surface area contributed by atoms with Gasteiger partial charge in [-0.2, -0.15) is 0 Å². The summed E-state index contributed by atoms with van der Waals surface area (Å²) in [6.07, 6.45) is 5.59. The molecule has 0 spiro atoms. The van der Waals surface area contributed by atoms with Crippen LogP contribution in [-0.4, -0.2) is 51.2 Å². The SMILES string of the molecule is O=C(c1ccccc1)c1c[nH]c2ncnc(NCCCN3CCCC3=O)c12. The first-order valence-corrected chi connectivity index (χ1v) is 9.17. The Kier molecular flexibility index (Phi) is 4.82. The van der Waals surface area contributed by atoms with Crippen LogP contribution in [0.5, 0.6) is 0 Å². The van der Waals surface area contributed by atoms with Gasteiger partial charge in [-0.25, -0.2) is 9.97 Å². The van der Waals surface area contributed by atoms with Gasteiger partial charge in [0.05, 0.1) is 10.9 Å². The molecule has 1 amide bonds. The average molecular weight is 363 g/mol. The molecule has 4 rings (SSSR count). The lowest BCUT2D eigenvalue weighted by Crippen LogP contribution is -2.27. The first kappa shape index (κ1) is 17.2. The number of carbonyl (C=O) groups is 2. The second-order valence-electron chi connectivity index (χ2n) is 6.61. The van der Waals surface area contributed by atoms with E-state index in [-0.39, 0.29) is 11.7 Å². The monoisotopic (exact) mass is 363 g/mol. The minimum Gasteiger partial charge on any atom is -0.369 e. The number of likely N-dealkylation sites (tertiary alicyclic amines) is 1. The van der Waals surface area contributed by atoms with Crippen LogP contribution >= 0.6 is 0 Å². The van der Waals surface area contributed by atoms with Gasteiger partial charge in [-0.15, -0.1) is 0 Å². The Morgan fingerprint density at radius 1 is 1.22 bits per heavy atom. The summed E-state index contributed by atoms with van der Waals surface area (Å²) in [5.74, 6) is 0.802. The largest absolute Gasteiger partial charge is 0.369 e. The van der Waals surface area contributed by atoms with Crippen molar-refractivity contribution in [3.8, 4) is 0 Å². The summed E-state index contributed by atoms with van der Waals surface area (Å²) in [4.78, 5) is 38.1. The first-order valence-electron chi connectivity index (χ1n) is 9.17. The average Bonchev–Trinajstić information content (AvgIpc) is 3.32. The van der Waals surface area contributed by atoms with Crippen LogP contribution in [0.2, 0.25) is 0 Å². The van der Waals surface area contributed by atoms with E-state index in [1.54, 1.807) is 18.3 Å². The van der Waals surface area contributed by atoms with Crippen LogP contribution in [0.1, 0.15) is 35.2 Å². The van der Waals surface area contributed by atoms with Crippen LogP contribution in [0.15, 0.2) is 42.9 Å². The number of aromatic amines is 1. The lowest BCUT2D eigenvalue weighted by Gasteiger charge is -2.15. The highest BCUT2D eigenvalue weighted by Gasteiger charge is 2.20. The number of nitrogens with one attached hydrogen (secondary N) is 2. The predicted molar refractivity (Wildman–Crippen MR) is 103 cm³/mol. The number of H-pyrrole nitrogens is 1. The van der Waals surface area contributed by atoms with Crippen molar-refractivity contribution in [3.05, 3.63) is 54.0 Å². The summed E-state index contributed by atoms with van der Waals surface area (Å²) in [5.41, 5.74) is 1.80. The topological polar surface area (TPSA) is 91.0 Å². The van der Waals surface area contributed by atoms with Crippen molar-refractivity contribution in [3.63, 3.8) is 0 Å². The van der Waals surface area contributed by atoms with Crippen molar-refractivity contribution in [2.75, 3.05) is 25.0 Å². The minimum absolute atomic E-state index is 0.0673. The lowest BCUT2D eigenvalue weighted by atomic mass is 10.0. The molecule has 1 aliphatic heterocycles. The number of aromatic nitrogens is 3. The second-order valence-corrected chi connectivity index (χ2v) is 6.61. The van der Waals surface area contributed by atoms with Crippen LogP contribution in [0.25, 0.3) is 11.0 Å². The molecule has 3 aromatic rings. The Balaban J connectivity index is 1.50. The standard InChI is InChI=1S/C20H21N5O2/c26-16-8-4-10-25(16)11-5-9-21-19-17-15(12-22-20(17)24-13-23-19)18(27)14-6-2-1-3-7-14/h1-3,6-7,12-13H,4-5,8-11H2,(H2,21,22,23,24). The van der Waals surface area contributed by atoms with E-state index in [4.69, 9.17) is 0 Å². The number of anilines is 1. The van der Waals surface area contributed by atoms with Crippen LogP contribution in [0.4, 0.5) is 5.82 Å². The Hall–Kier alpha value is -3.22. The second kappa shape index (κ2) is 7.57. The van der Waals surface area contributed by atoms with Gasteiger partial charge in [0, 0.05) is 37.8 Å². The Morgan fingerprint density at radius 3 is 2.85 bits per heavy atom. The van der Waals surface area contributed by atoms with Crippen LogP contribution in [-0.2, 0) is 4.79 Å². The summed E-state index contributed by atoms with van der Waals surface area (Å²) >= 11 is 0. The number of hydrogen-bond donors (Lipinski definition) is 2. The highest BCUT2D eigenvalue weighted by atomic mass is 16.2. The maximum Gasteiger partial charge on any atom is 0.222 e. The number of rotatable bonds is 7. The smallest absolute Gasteiger partial charge is 0.222 e. The quantitative estimate of drug-likeness (QED) is 0.497. The predicted octanol–water partition coefficient (Wildman–Crippen LogP) is 2.61. The number of fused-ring (bicyclic) bond motifs is 1. The van der Waals surface area contributed by atoms with E-state index in [0.717, 1.165) is 25.9 Å². The fraction of sp³-hybridized carbons (Fsp3) is 0.300. The van der Waals surface area contributed by atoms with Crippen molar-refractivity contribution >= 4 is 28.5 Å². The van der Waals surface area contributed by atoms with Gasteiger partial charge in [-0.05, 0) is 12.8 Å². The Labute approximate surface area is 156 Å². The maximum absolute atomic E-state index is 12.9. The third kappa shape index (κ3) is 3.53. The number of nitrogens with zero attached hydrogens (tertiary/aromatic N) is 3. The Morgan fingerprint density at radius 2 is 2.07 bits per heavy atom. The van der Waals surface area contributed by atoms with E-state index in [1.807, 2.05) is 23.1 Å². The molecule has 2 N–H and O–H groups in total. The maximum atomic E-state index is 12.9. The van der Waals surface area contributed by atoms with E-state index >= 15 is 0 Å². The zero-order chi connectivity index (χ0) is 18.6. The van der Waals surface area contributed by atoms with Gasteiger partial charge in [0.2, 0.25) is 5.91 Å². The molecule has 7 heteroatoms. The molecular formula is C20H21N5O2. The number of ketones is 1. The molecule has 0 atom stereocenters. The molecule has 7 nitrogen and oxygen atoms in total. The molecule has 138 valence electrons. The molecule has 27 heavy (non-hydrogen) atoms. The molecule has 0 saturated carbocycles. The van der Waals surface area contributed by atoms with Gasteiger partial charge in [0.15, 0.2) is 5.78 Å². The van der Waals surface area contributed by atoms with Gasteiger partial charge in [0.25, 0.3) is 0 Å². The lowest BCUT2D eigenvalue weighted by molar-refractivity contribution is -0.127. The Bertz CT molecular complexity index is 967. The van der Waals surface area contributed by atoms with E-state index in [1.165, 1.54) is 6.33 Å². The summed E-state index contributed by atoms with van der Waals surface area (Å²) in [7, 11) is 0. The van der Waals surface area contributed by atoms with Gasteiger partial charge >= 0.3 is 0 Å². The number of benzene rings is 1. The van der Waals surface area contributed by atoms with Crippen molar-refractivity contribution in [1.82, 2.24) is 19.9 Å². The first-order chi connectivity index (χ1) is 13.2. The fourth-order valence-corrected chi connectivity index (χ4v) is 3.44. The molecule has 1 aliphatic rings. The van der Waals surface area contributed by atoms with Crippen molar-refractivity contribution in [2.24, 2.45) is 0 Å². The molecule has 0 bridgehead atoms. The molecule has 2 aromatic heterocycles. The van der Waals surface area contributed by atoms with Gasteiger partial charge < -0.3 is 15.2 Å². The molecule has 0 radical (unpaired) electrons. The zero-order valence-electron chi connectivity index (χ0n) is 14.9. The normalized spacial score (nSPS) is 14.1. The van der Waals surface area contributed by atoms with E-state index < -0.39 is 0 Å². The number of hydrogen-bond acceptors (Lipinski definition) is 5. The molecule has 0 aliphatic carbocycles. The van der Waals surface area contributed by atoms with Gasteiger partial charge in [-0.1, -0.05) is 30.3 Å². The molecule has 1 aromatic carbocycles. The third-order valence-electron chi connectivity index (χ3n) is 4.82. The molecular weight excluding hydrogens is 342 g/mol. The zero-order valence-corrected chi connectivity index (χ0v) is 14.9. The molecule has 3 heterocycles. The van der Waals surface area contributed by atoms with Gasteiger partial charge in [0.1, 0.15) is 17.8 Å². The molecule has 1 fully saturated rings. The van der Waals surface area contributed by atoms with E-state index in [0.29, 0.717) is 40.9 Å². The van der Waals surface area contributed by atoms with Crippen LogP contribution in [0.3, 0.4) is 0 Å². The van der Waals surface area contributed by atoms with Crippen molar-refractivity contribution in [1.29, 1.82) is 0 Å². The fourth-order valence-electron chi connectivity index (χ4n) is 3.44. The highest BCUT2D eigenvalue weighted by Crippen LogP contribution is 2.25.